The van der Waals surface area contributed by atoms with Gasteiger partial charge in [-0.15, -0.1) is 0 Å². The average Bonchev–Trinajstić information content (AvgIpc) is 2.09. The van der Waals surface area contributed by atoms with Crippen LogP contribution in [-0.2, 0) is 4.79 Å². The fraction of sp³-hybridized carbons (Fsp3) is 0.818. The van der Waals surface area contributed by atoms with Gasteiger partial charge in [-0.1, -0.05) is 0 Å². The maximum Gasteiger partial charge on any atom is 0.241 e. The van der Waals surface area contributed by atoms with Gasteiger partial charge >= 0.3 is 0 Å². The van der Waals surface area contributed by atoms with Gasteiger partial charge in [0.25, 0.3) is 0 Å². The van der Waals surface area contributed by atoms with Gasteiger partial charge in [0.1, 0.15) is 6.04 Å². The zero-order chi connectivity index (χ0) is 11.6. The topological polar surface area (TPSA) is 47.3 Å². The van der Waals surface area contributed by atoms with Gasteiger partial charge in [-0.25, -0.2) is 0 Å². The third kappa shape index (κ3) is 2.48. The first kappa shape index (κ1) is 12.0. The molecule has 4 heteroatoms. The predicted octanol–water partition coefficient (Wildman–Crippen LogP) is 0.841. The molecule has 1 rings (SSSR count). The Morgan fingerprint density at radius 3 is 2.53 bits per heavy atom. The molecule has 1 fully saturated rings. The molecular weight excluding hydrogens is 190 g/mol. The van der Waals surface area contributed by atoms with Crippen LogP contribution in [0.1, 0.15) is 27.2 Å². The summed E-state index contributed by atoms with van der Waals surface area (Å²) in [5, 5.41) is 8.70. The lowest BCUT2D eigenvalue weighted by Gasteiger charge is -2.44. The van der Waals surface area contributed by atoms with Crippen molar-refractivity contribution < 1.29 is 4.79 Å². The zero-order valence-corrected chi connectivity index (χ0v) is 9.95. The fourth-order valence-corrected chi connectivity index (χ4v) is 1.89. The quantitative estimate of drug-likeness (QED) is 0.643. The second-order valence-electron chi connectivity index (χ2n) is 5.02. The van der Waals surface area contributed by atoms with Gasteiger partial charge in [-0.3, -0.25) is 9.69 Å². The van der Waals surface area contributed by atoms with Crippen LogP contribution in [0.5, 0.6) is 0 Å². The Bertz CT molecular complexity index is 287. The van der Waals surface area contributed by atoms with Crippen LogP contribution in [0.4, 0.5) is 0 Å². The smallest absolute Gasteiger partial charge is 0.241 e. The molecule has 0 N–H and O–H groups in total. The molecule has 1 aliphatic rings. The second kappa shape index (κ2) is 4.19. The SMILES string of the molecule is CN1CCN(C(C)(C)C)C(=O)C1CC#N. The molecule has 15 heavy (non-hydrogen) atoms. The normalized spacial score (nSPS) is 24.1. The number of likely N-dealkylation sites (N-methyl/N-ethyl adjacent to an activating group) is 1. The number of nitrogens with zero attached hydrogens (tertiary/aromatic N) is 3. The van der Waals surface area contributed by atoms with Gasteiger partial charge in [0.05, 0.1) is 12.5 Å². The van der Waals surface area contributed by atoms with Crippen molar-refractivity contribution in [2.24, 2.45) is 0 Å². The molecule has 1 saturated heterocycles. The highest BCUT2D eigenvalue weighted by Crippen LogP contribution is 2.21. The van der Waals surface area contributed by atoms with E-state index in [0.29, 0.717) is 0 Å². The summed E-state index contributed by atoms with van der Waals surface area (Å²) in [4.78, 5) is 15.9. The van der Waals surface area contributed by atoms with Crippen molar-refractivity contribution in [1.29, 1.82) is 5.26 Å². The minimum atomic E-state index is -0.261. The predicted molar refractivity (Wildman–Crippen MR) is 58.1 cm³/mol. The van der Waals surface area contributed by atoms with Crippen LogP contribution in [0.15, 0.2) is 0 Å². The summed E-state index contributed by atoms with van der Waals surface area (Å²) in [5.74, 6) is 0.0813. The molecule has 1 atom stereocenters. The largest absolute Gasteiger partial charge is 0.335 e. The lowest BCUT2D eigenvalue weighted by Crippen LogP contribution is -2.60. The third-order valence-corrected chi connectivity index (χ3v) is 2.85. The molecular formula is C11H19N3O. The Hall–Kier alpha value is -1.08. The minimum Gasteiger partial charge on any atom is -0.335 e. The Labute approximate surface area is 91.5 Å². The summed E-state index contributed by atoms with van der Waals surface area (Å²) >= 11 is 0. The van der Waals surface area contributed by atoms with Crippen molar-refractivity contribution in [3.8, 4) is 6.07 Å². The number of carbonyl (C=O) groups excluding carboxylic acids is 1. The lowest BCUT2D eigenvalue weighted by molar-refractivity contribution is -0.146. The number of piperazine rings is 1. The van der Waals surface area contributed by atoms with Crippen LogP contribution in [0.25, 0.3) is 0 Å². The maximum atomic E-state index is 12.1. The third-order valence-electron chi connectivity index (χ3n) is 2.85. The number of amides is 1. The van der Waals surface area contributed by atoms with Crippen LogP contribution < -0.4 is 0 Å². The van der Waals surface area contributed by atoms with E-state index in [-0.39, 0.29) is 23.9 Å². The summed E-state index contributed by atoms with van der Waals surface area (Å²) in [5.41, 5.74) is -0.147. The summed E-state index contributed by atoms with van der Waals surface area (Å²) < 4.78 is 0. The Kier molecular flexibility index (Phi) is 3.35. The first-order valence-electron chi connectivity index (χ1n) is 5.26. The van der Waals surface area contributed by atoms with Crippen LogP contribution >= 0.6 is 0 Å². The molecule has 84 valence electrons. The van der Waals surface area contributed by atoms with Crippen molar-refractivity contribution in [2.75, 3.05) is 20.1 Å². The fourth-order valence-electron chi connectivity index (χ4n) is 1.89. The first-order chi connectivity index (χ1) is 6.88. The van der Waals surface area contributed by atoms with Gasteiger partial charge < -0.3 is 4.90 Å². The van der Waals surface area contributed by atoms with Crippen LogP contribution in [0, 0.1) is 11.3 Å². The number of hydrogen-bond acceptors (Lipinski definition) is 3. The first-order valence-corrected chi connectivity index (χ1v) is 5.26. The Balaban J connectivity index is 2.83. The highest BCUT2D eigenvalue weighted by molar-refractivity contribution is 5.83. The van der Waals surface area contributed by atoms with E-state index in [1.807, 2.05) is 37.6 Å². The van der Waals surface area contributed by atoms with Gasteiger partial charge in [-0.2, -0.15) is 5.26 Å². The monoisotopic (exact) mass is 209 g/mol. The molecule has 0 spiro atoms. The molecule has 0 radical (unpaired) electrons. The molecule has 0 aromatic rings. The Morgan fingerprint density at radius 1 is 1.47 bits per heavy atom. The van der Waals surface area contributed by atoms with E-state index in [9.17, 15) is 4.79 Å². The molecule has 0 aliphatic carbocycles. The number of carbonyl (C=O) groups is 1. The lowest BCUT2D eigenvalue weighted by atomic mass is 10.0. The molecule has 0 aromatic heterocycles. The molecule has 1 amide bonds. The molecule has 4 nitrogen and oxygen atoms in total. The van der Waals surface area contributed by atoms with E-state index < -0.39 is 0 Å². The summed E-state index contributed by atoms with van der Waals surface area (Å²) in [7, 11) is 1.90. The minimum absolute atomic E-state index is 0.0813. The summed E-state index contributed by atoms with van der Waals surface area (Å²) in [6, 6.07) is 1.82. The van der Waals surface area contributed by atoms with Crippen molar-refractivity contribution in [2.45, 2.75) is 38.8 Å². The molecule has 1 aliphatic heterocycles. The number of rotatable bonds is 1. The van der Waals surface area contributed by atoms with Gasteiger partial charge in [0, 0.05) is 18.6 Å². The molecule has 1 heterocycles. The van der Waals surface area contributed by atoms with E-state index in [1.165, 1.54) is 0 Å². The standard InChI is InChI=1S/C11H19N3O/c1-11(2,3)14-8-7-13(4)9(5-6-12)10(14)15/h9H,5,7-8H2,1-4H3. The second-order valence-corrected chi connectivity index (χ2v) is 5.02. The summed E-state index contributed by atoms with van der Waals surface area (Å²) in [6.45, 7) is 7.68. The van der Waals surface area contributed by atoms with Crippen molar-refractivity contribution in [3.05, 3.63) is 0 Å². The molecule has 0 saturated carbocycles. The maximum absolute atomic E-state index is 12.1. The summed E-state index contributed by atoms with van der Waals surface area (Å²) in [6.07, 6.45) is 0.280. The zero-order valence-electron chi connectivity index (χ0n) is 9.95. The van der Waals surface area contributed by atoms with E-state index in [4.69, 9.17) is 5.26 Å². The van der Waals surface area contributed by atoms with Gasteiger partial charge in [0.15, 0.2) is 0 Å². The average molecular weight is 209 g/mol. The van der Waals surface area contributed by atoms with Gasteiger partial charge in [0.2, 0.25) is 5.91 Å². The van der Waals surface area contributed by atoms with Crippen molar-refractivity contribution >= 4 is 5.91 Å². The molecule has 0 aromatic carbocycles. The van der Waals surface area contributed by atoms with Crippen LogP contribution in [-0.4, -0.2) is 47.4 Å². The van der Waals surface area contributed by atoms with E-state index in [0.717, 1.165) is 13.1 Å². The van der Waals surface area contributed by atoms with Crippen LogP contribution in [0.3, 0.4) is 0 Å². The van der Waals surface area contributed by atoms with E-state index >= 15 is 0 Å². The highest BCUT2D eigenvalue weighted by atomic mass is 16.2. The number of nitriles is 1. The van der Waals surface area contributed by atoms with Crippen LogP contribution in [0.2, 0.25) is 0 Å². The van der Waals surface area contributed by atoms with Crippen molar-refractivity contribution in [1.82, 2.24) is 9.80 Å². The van der Waals surface area contributed by atoms with Crippen molar-refractivity contribution in [3.63, 3.8) is 0 Å². The Morgan fingerprint density at radius 2 is 2.07 bits per heavy atom. The molecule has 0 bridgehead atoms. The number of hydrogen-bond donors (Lipinski definition) is 0. The van der Waals surface area contributed by atoms with E-state index in [2.05, 4.69) is 6.07 Å². The molecule has 1 unspecified atom stereocenters. The van der Waals surface area contributed by atoms with Gasteiger partial charge in [-0.05, 0) is 27.8 Å². The van der Waals surface area contributed by atoms with E-state index in [1.54, 1.807) is 0 Å². The highest BCUT2D eigenvalue weighted by Gasteiger charge is 2.37.